The van der Waals surface area contributed by atoms with Gasteiger partial charge in [-0.2, -0.15) is 0 Å². The van der Waals surface area contributed by atoms with Gasteiger partial charge in [-0.05, 0) is 12.5 Å². The Kier molecular flexibility index (Phi) is 2.37. The second kappa shape index (κ2) is 3.69. The van der Waals surface area contributed by atoms with Crippen LogP contribution in [0.15, 0.2) is 30.5 Å². The number of aryl methyl sites for hydroxylation is 1. The highest BCUT2D eigenvalue weighted by molar-refractivity contribution is 5.79. The monoisotopic (exact) mass is 203 g/mol. The first kappa shape index (κ1) is 9.65. The Balaban J connectivity index is 2.59. The lowest BCUT2D eigenvalue weighted by molar-refractivity contribution is 0.112. The summed E-state index contributed by atoms with van der Waals surface area (Å²) < 4.78 is 13.6. The van der Waals surface area contributed by atoms with Crippen molar-refractivity contribution >= 4 is 6.29 Å². The highest BCUT2D eigenvalue weighted by atomic mass is 19.1. The molecule has 2 nitrogen and oxygen atoms in total. The van der Waals surface area contributed by atoms with E-state index in [1.54, 1.807) is 0 Å². The van der Waals surface area contributed by atoms with E-state index in [-0.39, 0.29) is 5.56 Å². The lowest BCUT2D eigenvalue weighted by Gasteiger charge is -2.02. The number of hydrogen-bond donors (Lipinski definition) is 1. The summed E-state index contributed by atoms with van der Waals surface area (Å²) >= 11 is 0. The third-order valence-corrected chi connectivity index (χ3v) is 2.39. The summed E-state index contributed by atoms with van der Waals surface area (Å²) in [5, 5.41) is 0. The molecule has 0 amide bonds. The number of H-pyrrole nitrogens is 1. The van der Waals surface area contributed by atoms with E-state index < -0.39 is 5.82 Å². The summed E-state index contributed by atoms with van der Waals surface area (Å²) in [6.45, 7) is 1.90. The minimum atomic E-state index is -0.487. The van der Waals surface area contributed by atoms with E-state index in [0.29, 0.717) is 12.0 Å². The van der Waals surface area contributed by atoms with Crippen LogP contribution in [-0.2, 0) is 0 Å². The summed E-state index contributed by atoms with van der Waals surface area (Å²) in [6.07, 6.45) is 1.89. The molecule has 2 aromatic rings. The molecule has 0 aliphatic heterocycles. The number of benzene rings is 1. The van der Waals surface area contributed by atoms with Crippen LogP contribution in [0, 0.1) is 12.7 Å². The lowest BCUT2D eigenvalue weighted by atomic mass is 10.1. The molecule has 0 aliphatic rings. The van der Waals surface area contributed by atoms with Crippen molar-refractivity contribution in [1.82, 2.24) is 4.98 Å². The first-order valence-corrected chi connectivity index (χ1v) is 4.62. The fourth-order valence-electron chi connectivity index (χ4n) is 1.56. The molecule has 1 heterocycles. The van der Waals surface area contributed by atoms with Crippen molar-refractivity contribution in [2.75, 3.05) is 0 Å². The van der Waals surface area contributed by atoms with Gasteiger partial charge in [0.25, 0.3) is 0 Å². The van der Waals surface area contributed by atoms with E-state index in [1.165, 1.54) is 6.20 Å². The Hall–Kier alpha value is -1.90. The van der Waals surface area contributed by atoms with Crippen LogP contribution >= 0.6 is 0 Å². The topological polar surface area (TPSA) is 32.9 Å². The molecule has 0 atom stereocenters. The van der Waals surface area contributed by atoms with Crippen molar-refractivity contribution in [2.24, 2.45) is 0 Å². The van der Waals surface area contributed by atoms with E-state index in [2.05, 4.69) is 4.98 Å². The molecule has 1 N–H and O–H groups in total. The smallest absolute Gasteiger partial charge is 0.159 e. The molecule has 0 fully saturated rings. The Labute approximate surface area is 86.8 Å². The van der Waals surface area contributed by atoms with Crippen LogP contribution in [0.2, 0.25) is 0 Å². The largest absolute Gasteiger partial charge is 0.358 e. The van der Waals surface area contributed by atoms with Gasteiger partial charge >= 0.3 is 0 Å². The van der Waals surface area contributed by atoms with Crippen molar-refractivity contribution in [3.63, 3.8) is 0 Å². The molecule has 0 saturated carbocycles. The van der Waals surface area contributed by atoms with Crippen molar-refractivity contribution in [2.45, 2.75) is 6.92 Å². The maximum atomic E-state index is 13.6. The highest BCUT2D eigenvalue weighted by Gasteiger charge is 2.12. The second-order valence-electron chi connectivity index (χ2n) is 3.37. The average Bonchev–Trinajstić information content (AvgIpc) is 2.60. The molecule has 76 valence electrons. The zero-order valence-electron chi connectivity index (χ0n) is 8.25. The first-order valence-electron chi connectivity index (χ1n) is 4.62. The van der Waals surface area contributed by atoms with Crippen LogP contribution in [0.5, 0.6) is 0 Å². The minimum absolute atomic E-state index is 0.0632. The fraction of sp³-hybridized carbons (Fsp3) is 0.0833. The minimum Gasteiger partial charge on any atom is -0.358 e. The summed E-state index contributed by atoms with van der Waals surface area (Å²) in [5.41, 5.74) is 2.18. The highest BCUT2D eigenvalue weighted by Crippen LogP contribution is 2.25. The van der Waals surface area contributed by atoms with E-state index in [1.807, 2.05) is 31.2 Å². The predicted octanol–water partition coefficient (Wildman–Crippen LogP) is 2.94. The number of rotatable bonds is 2. The van der Waals surface area contributed by atoms with Crippen LogP contribution in [0.4, 0.5) is 4.39 Å². The van der Waals surface area contributed by atoms with Crippen LogP contribution in [0.3, 0.4) is 0 Å². The van der Waals surface area contributed by atoms with Gasteiger partial charge in [-0.15, -0.1) is 0 Å². The second-order valence-corrected chi connectivity index (χ2v) is 3.37. The lowest BCUT2D eigenvalue weighted by Crippen LogP contribution is -1.86. The van der Waals surface area contributed by atoms with E-state index in [9.17, 15) is 9.18 Å². The van der Waals surface area contributed by atoms with Gasteiger partial charge in [0, 0.05) is 11.8 Å². The quantitative estimate of drug-likeness (QED) is 0.748. The SMILES string of the molecule is Cc1ccccc1-c1[nH]cc(C=O)c1F. The normalized spacial score (nSPS) is 10.3. The number of hydrogen-bond acceptors (Lipinski definition) is 1. The Bertz CT molecular complexity index is 502. The zero-order chi connectivity index (χ0) is 10.8. The van der Waals surface area contributed by atoms with Crippen LogP contribution in [0.25, 0.3) is 11.3 Å². The number of nitrogens with one attached hydrogen (secondary N) is 1. The van der Waals surface area contributed by atoms with Gasteiger partial charge in [0.2, 0.25) is 0 Å². The van der Waals surface area contributed by atoms with Crippen LogP contribution in [0.1, 0.15) is 15.9 Å². The standard InChI is InChI=1S/C12H10FNO/c1-8-4-2-3-5-10(8)12-11(13)9(7-15)6-14-12/h2-7,14H,1H3. The summed E-state index contributed by atoms with van der Waals surface area (Å²) in [5.74, 6) is -0.487. The Morgan fingerprint density at radius 1 is 1.33 bits per heavy atom. The molecule has 0 spiro atoms. The van der Waals surface area contributed by atoms with Gasteiger partial charge in [0.05, 0.1) is 11.3 Å². The molecule has 0 radical (unpaired) electrons. The fourth-order valence-corrected chi connectivity index (χ4v) is 1.56. The number of halogens is 1. The van der Waals surface area contributed by atoms with Crippen molar-refractivity contribution in [3.8, 4) is 11.3 Å². The van der Waals surface area contributed by atoms with Crippen molar-refractivity contribution in [3.05, 3.63) is 47.4 Å². The summed E-state index contributed by atoms with van der Waals surface area (Å²) in [7, 11) is 0. The third kappa shape index (κ3) is 1.56. The molecule has 0 bridgehead atoms. The molecule has 3 heteroatoms. The molecule has 15 heavy (non-hydrogen) atoms. The first-order chi connectivity index (χ1) is 7.24. The summed E-state index contributed by atoms with van der Waals surface area (Å²) in [6, 6.07) is 7.44. The number of carbonyl (C=O) groups excluding carboxylic acids is 1. The van der Waals surface area contributed by atoms with Gasteiger partial charge < -0.3 is 4.98 Å². The molecule has 0 aliphatic carbocycles. The van der Waals surface area contributed by atoms with Crippen molar-refractivity contribution in [1.29, 1.82) is 0 Å². The zero-order valence-corrected chi connectivity index (χ0v) is 8.25. The van der Waals surface area contributed by atoms with Gasteiger partial charge in [0.15, 0.2) is 12.1 Å². The number of aromatic amines is 1. The molecule has 0 unspecified atom stereocenters. The molecular formula is C12H10FNO. The van der Waals surface area contributed by atoms with Gasteiger partial charge in [-0.25, -0.2) is 4.39 Å². The molecule has 1 aromatic carbocycles. The van der Waals surface area contributed by atoms with Gasteiger partial charge in [-0.1, -0.05) is 24.3 Å². The van der Waals surface area contributed by atoms with Gasteiger partial charge in [-0.3, -0.25) is 4.79 Å². The molecule has 1 aromatic heterocycles. The van der Waals surface area contributed by atoms with Crippen LogP contribution < -0.4 is 0 Å². The molecule has 0 saturated heterocycles. The van der Waals surface area contributed by atoms with E-state index in [4.69, 9.17) is 0 Å². The van der Waals surface area contributed by atoms with E-state index >= 15 is 0 Å². The molecular weight excluding hydrogens is 193 g/mol. The average molecular weight is 203 g/mol. The number of carbonyl (C=O) groups is 1. The molecule has 2 rings (SSSR count). The maximum absolute atomic E-state index is 13.6. The van der Waals surface area contributed by atoms with Crippen LogP contribution in [-0.4, -0.2) is 11.3 Å². The predicted molar refractivity (Wildman–Crippen MR) is 56.3 cm³/mol. The van der Waals surface area contributed by atoms with E-state index in [0.717, 1.165) is 11.1 Å². The summed E-state index contributed by atoms with van der Waals surface area (Å²) in [4.78, 5) is 13.3. The number of aromatic nitrogens is 1. The maximum Gasteiger partial charge on any atom is 0.159 e. The third-order valence-electron chi connectivity index (χ3n) is 2.39. The Morgan fingerprint density at radius 3 is 2.67 bits per heavy atom. The van der Waals surface area contributed by atoms with Crippen molar-refractivity contribution < 1.29 is 9.18 Å². The number of aldehydes is 1. The van der Waals surface area contributed by atoms with Gasteiger partial charge in [0.1, 0.15) is 0 Å². The Morgan fingerprint density at radius 2 is 2.07 bits per heavy atom.